The summed E-state index contributed by atoms with van der Waals surface area (Å²) in [5, 5.41) is 2.07. The second-order valence-corrected chi connectivity index (χ2v) is 4.72. The van der Waals surface area contributed by atoms with Gasteiger partial charge in [0.15, 0.2) is 5.78 Å². The molecule has 0 spiro atoms. The van der Waals surface area contributed by atoms with Gasteiger partial charge in [-0.15, -0.1) is 0 Å². The number of carbonyl (C=O) groups excluding carboxylic acids is 1. The van der Waals surface area contributed by atoms with Crippen LogP contribution in [-0.4, -0.2) is 11.3 Å². The maximum absolute atomic E-state index is 12.6. The van der Waals surface area contributed by atoms with E-state index in [4.69, 9.17) is 5.73 Å². The molecule has 2 nitrogen and oxygen atoms in total. The summed E-state index contributed by atoms with van der Waals surface area (Å²) in [6.07, 6.45) is 1.32. The molecule has 0 radical (unpaired) electrons. The van der Waals surface area contributed by atoms with E-state index < -0.39 is 5.54 Å². The van der Waals surface area contributed by atoms with E-state index in [1.165, 1.54) is 0 Å². The maximum atomic E-state index is 12.6. The van der Waals surface area contributed by atoms with Crippen molar-refractivity contribution in [2.24, 2.45) is 5.73 Å². The van der Waals surface area contributed by atoms with Gasteiger partial charge in [0, 0.05) is 5.56 Å². The van der Waals surface area contributed by atoms with Gasteiger partial charge in [-0.2, -0.15) is 0 Å². The molecule has 0 amide bonds. The smallest absolute Gasteiger partial charge is 0.183 e. The van der Waals surface area contributed by atoms with Crippen molar-refractivity contribution in [2.45, 2.75) is 32.2 Å². The molecule has 2 N–H and O–H groups in total. The molecule has 0 aliphatic rings. The van der Waals surface area contributed by atoms with Crippen LogP contribution in [0, 0.1) is 0 Å². The first kappa shape index (κ1) is 12.8. The number of carbonyl (C=O) groups is 1. The lowest BCUT2D eigenvalue weighted by Crippen LogP contribution is -2.46. The molecule has 94 valence electrons. The normalized spacial score (nSPS) is 11.7. The number of benzene rings is 2. The van der Waals surface area contributed by atoms with Crippen molar-refractivity contribution < 1.29 is 4.79 Å². The van der Waals surface area contributed by atoms with E-state index in [2.05, 4.69) is 0 Å². The van der Waals surface area contributed by atoms with E-state index in [1.54, 1.807) is 0 Å². The standard InChI is InChI=1S/C16H19NO/c1-3-16(17,4-2)15(18)14-11-7-9-12-8-5-6-10-13(12)14/h5-11H,3-4,17H2,1-2H3. The van der Waals surface area contributed by atoms with Crippen LogP contribution in [0.1, 0.15) is 37.0 Å². The van der Waals surface area contributed by atoms with E-state index in [1.807, 2.05) is 56.3 Å². The zero-order valence-electron chi connectivity index (χ0n) is 10.9. The van der Waals surface area contributed by atoms with Crippen LogP contribution in [0.2, 0.25) is 0 Å². The molecule has 0 unspecified atom stereocenters. The molecule has 0 saturated heterocycles. The molecule has 0 saturated carbocycles. The average molecular weight is 241 g/mol. The number of nitrogens with two attached hydrogens (primary N) is 1. The van der Waals surface area contributed by atoms with Crippen molar-refractivity contribution in [2.75, 3.05) is 0 Å². The van der Waals surface area contributed by atoms with E-state index in [9.17, 15) is 4.79 Å². The van der Waals surface area contributed by atoms with Crippen molar-refractivity contribution >= 4 is 16.6 Å². The SMILES string of the molecule is CCC(N)(CC)C(=O)c1cccc2ccccc12. The van der Waals surface area contributed by atoms with Crippen molar-refractivity contribution in [3.63, 3.8) is 0 Å². The fourth-order valence-electron chi connectivity index (χ4n) is 2.26. The first-order chi connectivity index (χ1) is 8.62. The van der Waals surface area contributed by atoms with Gasteiger partial charge < -0.3 is 5.73 Å². The summed E-state index contributed by atoms with van der Waals surface area (Å²) in [6, 6.07) is 13.7. The molecular weight excluding hydrogens is 222 g/mol. The fourth-order valence-corrected chi connectivity index (χ4v) is 2.26. The first-order valence-corrected chi connectivity index (χ1v) is 6.44. The minimum Gasteiger partial charge on any atom is -0.319 e. The molecule has 2 aromatic carbocycles. The zero-order valence-corrected chi connectivity index (χ0v) is 10.9. The highest BCUT2D eigenvalue weighted by atomic mass is 16.1. The number of hydrogen-bond acceptors (Lipinski definition) is 2. The van der Waals surface area contributed by atoms with Crippen LogP contribution in [-0.2, 0) is 0 Å². The Hall–Kier alpha value is -1.67. The van der Waals surface area contributed by atoms with Crippen molar-refractivity contribution in [3.8, 4) is 0 Å². The highest BCUT2D eigenvalue weighted by Gasteiger charge is 2.31. The van der Waals surface area contributed by atoms with Crippen LogP contribution in [0.25, 0.3) is 10.8 Å². The lowest BCUT2D eigenvalue weighted by Gasteiger charge is -2.25. The molecule has 0 aliphatic carbocycles. The summed E-state index contributed by atoms with van der Waals surface area (Å²) in [5.41, 5.74) is 6.20. The second kappa shape index (κ2) is 4.91. The average Bonchev–Trinajstić information content (AvgIpc) is 2.45. The molecule has 0 heterocycles. The Morgan fingerprint density at radius 3 is 2.33 bits per heavy atom. The number of fused-ring (bicyclic) bond motifs is 1. The Balaban J connectivity index is 2.58. The van der Waals surface area contributed by atoms with Crippen LogP contribution < -0.4 is 5.73 Å². The quantitative estimate of drug-likeness (QED) is 0.832. The Bertz CT molecular complexity index is 565. The van der Waals surface area contributed by atoms with Crippen molar-refractivity contribution in [3.05, 3.63) is 48.0 Å². The summed E-state index contributed by atoms with van der Waals surface area (Å²) < 4.78 is 0. The van der Waals surface area contributed by atoms with E-state index in [0.717, 1.165) is 16.3 Å². The Kier molecular flexibility index (Phi) is 3.48. The largest absolute Gasteiger partial charge is 0.319 e. The van der Waals surface area contributed by atoms with Gasteiger partial charge >= 0.3 is 0 Å². The number of hydrogen-bond donors (Lipinski definition) is 1. The second-order valence-electron chi connectivity index (χ2n) is 4.72. The van der Waals surface area contributed by atoms with Crippen LogP contribution in [0.3, 0.4) is 0 Å². The molecule has 0 aliphatic heterocycles. The molecule has 0 atom stereocenters. The molecule has 2 aromatic rings. The molecule has 2 heteroatoms. The van der Waals surface area contributed by atoms with Crippen LogP contribution in [0.15, 0.2) is 42.5 Å². The summed E-state index contributed by atoms with van der Waals surface area (Å²) >= 11 is 0. The predicted molar refractivity (Wildman–Crippen MR) is 75.8 cm³/mol. The van der Waals surface area contributed by atoms with Gasteiger partial charge in [-0.1, -0.05) is 56.3 Å². The molecular formula is C16H19NO. The maximum Gasteiger partial charge on any atom is 0.183 e. The zero-order chi connectivity index (χ0) is 13.2. The lowest BCUT2D eigenvalue weighted by atomic mass is 9.84. The molecule has 0 aromatic heterocycles. The van der Waals surface area contributed by atoms with Gasteiger partial charge in [-0.05, 0) is 23.6 Å². The number of rotatable bonds is 4. The fraction of sp³-hybridized carbons (Fsp3) is 0.312. The topological polar surface area (TPSA) is 43.1 Å². The highest BCUT2D eigenvalue weighted by Crippen LogP contribution is 2.24. The molecule has 0 bridgehead atoms. The van der Waals surface area contributed by atoms with Crippen molar-refractivity contribution in [1.82, 2.24) is 0 Å². The third-order valence-electron chi connectivity index (χ3n) is 3.75. The van der Waals surface area contributed by atoms with E-state index in [-0.39, 0.29) is 5.78 Å². The van der Waals surface area contributed by atoms with Crippen LogP contribution in [0.4, 0.5) is 0 Å². The summed E-state index contributed by atoms with van der Waals surface area (Å²) in [7, 11) is 0. The van der Waals surface area contributed by atoms with Gasteiger partial charge in [0.05, 0.1) is 5.54 Å². The van der Waals surface area contributed by atoms with Gasteiger partial charge in [0.2, 0.25) is 0 Å². The third-order valence-corrected chi connectivity index (χ3v) is 3.75. The van der Waals surface area contributed by atoms with Crippen LogP contribution >= 0.6 is 0 Å². The number of ketones is 1. The third kappa shape index (κ3) is 2.04. The van der Waals surface area contributed by atoms with Gasteiger partial charge in [0.25, 0.3) is 0 Å². The summed E-state index contributed by atoms with van der Waals surface area (Å²) in [6.45, 7) is 3.93. The summed E-state index contributed by atoms with van der Waals surface area (Å²) in [5.74, 6) is 0.0456. The first-order valence-electron chi connectivity index (χ1n) is 6.44. The Morgan fingerprint density at radius 1 is 1.06 bits per heavy atom. The Labute approximate surface area is 108 Å². The van der Waals surface area contributed by atoms with Crippen LogP contribution in [0.5, 0.6) is 0 Å². The lowest BCUT2D eigenvalue weighted by molar-refractivity contribution is 0.0881. The van der Waals surface area contributed by atoms with Gasteiger partial charge in [-0.25, -0.2) is 0 Å². The van der Waals surface area contributed by atoms with Crippen molar-refractivity contribution in [1.29, 1.82) is 0 Å². The van der Waals surface area contributed by atoms with Gasteiger partial charge in [0.1, 0.15) is 0 Å². The predicted octanol–water partition coefficient (Wildman–Crippen LogP) is 3.54. The summed E-state index contributed by atoms with van der Waals surface area (Å²) in [4.78, 5) is 12.6. The molecule has 2 rings (SSSR count). The number of Topliss-reactive ketones (excluding diaryl/α,β-unsaturated/α-hetero) is 1. The van der Waals surface area contributed by atoms with E-state index in [0.29, 0.717) is 12.8 Å². The van der Waals surface area contributed by atoms with Gasteiger partial charge in [-0.3, -0.25) is 4.79 Å². The molecule has 0 fully saturated rings. The minimum absolute atomic E-state index is 0.0456. The Morgan fingerprint density at radius 2 is 1.67 bits per heavy atom. The minimum atomic E-state index is -0.746. The highest BCUT2D eigenvalue weighted by molar-refractivity contribution is 6.12. The monoisotopic (exact) mass is 241 g/mol. The molecule has 18 heavy (non-hydrogen) atoms. The van der Waals surface area contributed by atoms with E-state index >= 15 is 0 Å².